The molecule has 0 heterocycles. The Bertz CT molecular complexity index is 759. The third-order valence-electron chi connectivity index (χ3n) is 8.73. The number of thioether (sulfide) groups is 2. The summed E-state index contributed by atoms with van der Waals surface area (Å²) in [6.45, 7) is 22.9. The van der Waals surface area contributed by atoms with Crippen LogP contribution in [-0.2, 0) is 0 Å². The number of allylic oxidation sites excluding steroid dienone is 6. The van der Waals surface area contributed by atoms with Crippen LogP contribution < -0.4 is 0 Å². The summed E-state index contributed by atoms with van der Waals surface area (Å²) in [4.78, 5) is 0. The molecule has 0 radical (unpaired) electrons. The van der Waals surface area contributed by atoms with Gasteiger partial charge in [-0.05, 0) is 85.9 Å². The van der Waals surface area contributed by atoms with E-state index in [1.54, 1.807) is 0 Å². The molecule has 3 aliphatic carbocycles. The third kappa shape index (κ3) is 4.28. The normalized spacial score (nSPS) is 35.3. The smallest absolute Gasteiger partial charge is 0.0639 e. The topological polar surface area (TPSA) is 0 Å². The molecular weight excluding hydrogens is 424 g/mol. The molecule has 0 aromatic carbocycles. The van der Waals surface area contributed by atoms with E-state index in [-0.39, 0.29) is 5.41 Å². The second-order valence-corrected chi connectivity index (χ2v) is 13.0. The van der Waals surface area contributed by atoms with Crippen LogP contribution in [0.5, 0.6) is 0 Å². The molecule has 3 aliphatic rings. The molecule has 5 atom stereocenters. The Kier molecular flexibility index (Phi) is 9.12. The number of rotatable bonds is 9. The highest BCUT2D eigenvalue weighted by Gasteiger charge is 2.60. The summed E-state index contributed by atoms with van der Waals surface area (Å²) < 4.78 is 0.308. The quantitative estimate of drug-likeness (QED) is 0.243. The van der Waals surface area contributed by atoms with Gasteiger partial charge in [-0.2, -0.15) is 0 Å². The first kappa shape index (κ1) is 26.0. The van der Waals surface area contributed by atoms with Crippen molar-refractivity contribution in [1.82, 2.24) is 0 Å². The Balaban J connectivity index is 2.29. The van der Waals surface area contributed by atoms with Crippen LogP contribution in [-0.4, -0.2) is 16.1 Å². The lowest BCUT2D eigenvalue weighted by molar-refractivity contribution is 0.118. The van der Waals surface area contributed by atoms with E-state index in [1.807, 2.05) is 0 Å². The number of fused-ring (bicyclic) bond motifs is 3. The van der Waals surface area contributed by atoms with Crippen LogP contribution in [0.15, 0.2) is 60.8 Å². The molecule has 0 aliphatic heterocycles. The van der Waals surface area contributed by atoms with Gasteiger partial charge in [0.2, 0.25) is 0 Å². The summed E-state index contributed by atoms with van der Waals surface area (Å²) in [7, 11) is 0. The first-order chi connectivity index (χ1) is 15.5. The summed E-state index contributed by atoms with van der Waals surface area (Å²) >= 11 is 4.45. The average Bonchev–Trinajstić information content (AvgIpc) is 3.11. The third-order valence-corrected chi connectivity index (χ3v) is 12.4. The van der Waals surface area contributed by atoms with E-state index in [0.717, 1.165) is 25.2 Å². The lowest BCUT2D eigenvalue weighted by Gasteiger charge is -2.55. The van der Waals surface area contributed by atoms with E-state index in [2.05, 4.69) is 68.9 Å². The maximum atomic E-state index is 4.86. The molecule has 2 heteroatoms. The fraction of sp³-hybridized carbons (Fsp3) is 0.667. The first-order valence-corrected chi connectivity index (χ1v) is 15.2. The van der Waals surface area contributed by atoms with Crippen LogP contribution in [0.1, 0.15) is 84.5 Å². The van der Waals surface area contributed by atoms with Crippen molar-refractivity contribution in [2.24, 2.45) is 23.2 Å². The minimum Gasteiger partial charge on any atom is -0.147 e. The van der Waals surface area contributed by atoms with Crippen LogP contribution in [0.2, 0.25) is 0 Å². The van der Waals surface area contributed by atoms with Crippen LogP contribution in [0.4, 0.5) is 0 Å². The summed E-state index contributed by atoms with van der Waals surface area (Å²) in [5.74, 6) is 3.08. The summed E-state index contributed by atoms with van der Waals surface area (Å²) in [6.07, 6.45) is 20.4. The van der Waals surface area contributed by atoms with Crippen molar-refractivity contribution < 1.29 is 0 Å². The van der Waals surface area contributed by atoms with Crippen LogP contribution in [0, 0.1) is 23.2 Å². The molecule has 2 fully saturated rings. The molecule has 0 spiro atoms. The molecule has 3 rings (SSSR count). The second kappa shape index (κ2) is 11.2. The molecule has 0 bridgehead atoms. The molecule has 5 unspecified atom stereocenters. The monoisotopic (exact) mass is 470 g/mol. The Morgan fingerprint density at radius 2 is 1.75 bits per heavy atom. The van der Waals surface area contributed by atoms with Crippen molar-refractivity contribution >= 4 is 23.5 Å². The minimum atomic E-state index is 0.0192. The van der Waals surface area contributed by atoms with Crippen molar-refractivity contribution in [1.29, 1.82) is 0 Å². The largest absolute Gasteiger partial charge is 0.147 e. The van der Waals surface area contributed by atoms with Crippen LogP contribution in [0.25, 0.3) is 0 Å². The zero-order valence-corrected chi connectivity index (χ0v) is 22.6. The highest BCUT2D eigenvalue weighted by atomic mass is 32.2. The lowest BCUT2D eigenvalue weighted by atomic mass is 9.50. The maximum Gasteiger partial charge on any atom is 0.0639 e. The molecule has 0 aromatic rings. The fourth-order valence-corrected chi connectivity index (χ4v) is 10.4. The Morgan fingerprint density at radius 1 is 1.03 bits per heavy atom. The Hall–Kier alpha value is -0.600. The fourth-order valence-electron chi connectivity index (χ4n) is 7.50. The van der Waals surface area contributed by atoms with E-state index in [4.69, 9.17) is 13.2 Å². The van der Waals surface area contributed by atoms with E-state index in [0.29, 0.717) is 15.9 Å². The van der Waals surface area contributed by atoms with Crippen LogP contribution in [0.3, 0.4) is 0 Å². The second-order valence-electron chi connectivity index (χ2n) is 10.2. The van der Waals surface area contributed by atoms with Gasteiger partial charge in [-0.1, -0.05) is 89.1 Å². The zero-order valence-electron chi connectivity index (χ0n) is 21.0. The van der Waals surface area contributed by atoms with Gasteiger partial charge in [-0.3, -0.25) is 0 Å². The minimum absolute atomic E-state index is 0.0192. The lowest BCUT2D eigenvalue weighted by Crippen LogP contribution is -2.48. The van der Waals surface area contributed by atoms with E-state index >= 15 is 0 Å². The van der Waals surface area contributed by atoms with Gasteiger partial charge in [-0.15, -0.1) is 23.5 Å². The highest BCUT2D eigenvalue weighted by Crippen LogP contribution is 2.68. The van der Waals surface area contributed by atoms with Gasteiger partial charge in [-0.25, -0.2) is 0 Å². The van der Waals surface area contributed by atoms with Gasteiger partial charge in [0.25, 0.3) is 0 Å². The standard InChI is InChI=1S/C30H46S2/c1-8-15-22(5)30-23(6)21-24(10-3)25(11-4)26(30)18-19-29(31-7,32-20-9-2)27-16-13-12-14-17-28(27)30/h10-11,26-28H,3-6,8-9,12-21H2,1-2,7H3. The van der Waals surface area contributed by atoms with Crippen LogP contribution >= 0.6 is 23.5 Å². The molecule has 0 saturated heterocycles. The van der Waals surface area contributed by atoms with Gasteiger partial charge in [0.15, 0.2) is 0 Å². The summed E-state index contributed by atoms with van der Waals surface area (Å²) in [6, 6.07) is 0. The maximum absolute atomic E-state index is 4.86. The van der Waals surface area contributed by atoms with Crippen molar-refractivity contribution in [3.63, 3.8) is 0 Å². The molecular formula is C30H46S2. The SMILES string of the molecule is C=CC1=C(C=C)C2CCC(SC)(SCCC)C3CCCCCC3C2(C(=C)CCC)C(=C)C1. The summed E-state index contributed by atoms with van der Waals surface area (Å²) in [5.41, 5.74) is 5.72. The molecule has 0 nitrogen and oxygen atoms in total. The van der Waals surface area contributed by atoms with Gasteiger partial charge < -0.3 is 0 Å². The predicted molar refractivity (Wildman–Crippen MR) is 149 cm³/mol. The number of hydrogen-bond donors (Lipinski definition) is 0. The van der Waals surface area contributed by atoms with Crippen molar-refractivity contribution in [2.45, 2.75) is 88.6 Å². The molecule has 0 N–H and O–H groups in total. The zero-order chi connectivity index (χ0) is 23.4. The Morgan fingerprint density at radius 3 is 2.34 bits per heavy atom. The number of hydrogen-bond acceptors (Lipinski definition) is 2. The van der Waals surface area contributed by atoms with Gasteiger partial charge >= 0.3 is 0 Å². The van der Waals surface area contributed by atoms with E-state index in [1.165, 1.54) is 79.4 Å². The van der Waals surface area contributed by atoms with Crippen molar-refractivity contribution in [3.8, 4) is 0 Å². The Labute approximate surface area is 207 Å². The van der Waals surface area contributed by atoms with Crippen molar-refractivity contribution in [3.05, 3.63) is 60.8 Å². The highest BCUT2D eigenvalue weighted by molar-refractivity contribution is 8.17. The van der Waals surface area contributed by atoms with Gasteiger partial charge in [0.1, 0.15) is 0 Å². The van der Waals surface area contributed by atoms with Crippen molar-refractivity contribution in [2.75, 3.05) is 12.0 Å². The molecule has 2 saturated carbocycles. The average molecular weight is 471 g/mol. The molecule has 32 heavy (non-hydrogen) atoms. The van der Waals surface area contributed by atoms with Gasteiger partial charge in [0, 0.05) is 5.41 Å². The predicted octanol–water partition coefficient (Wildman–Crippen LogP) is 9.77. The first-order valence-electron chi connectivity index (χ1n) is 13.0. The molecule has 178 valence electrons. The van der Waals surface area contributed by atoms with Gasteiger partial charge in [0.05, 0.1) is 4.08 Å². The molecule has 0 aromatic heterocycles. The van der Waals surface area contributed by atoms with E-state index < -0.39 is 0 Å². The molecule has 0 amide bonds. The van der Waals surface area contributed by atoms with E-state index in [9.17, 15) is 0 Å². The summed E-state index contributed by atoms with van der Waals surface area (Å²) in [5, 5.41) is 0.